The Kier molecular flexibility index (Phi) is 7.69. The highest BCUT2D eigenvalue weighted by molar-refractivity contribution is 6.06. The maximum Gasteiger partial charge on any atom is 0.416 e. The molecule has 0 saturated carbocycles. The number of nitrogens with zero attached hydrogens (tertiary/aromatic N) is 1. The zero-order chi connectivity index (χ0) is 22.1. The minimum absolute atomic E-state index is 0.0543. The van der Waals surface area contributed by atoms with E-state index in [0.29, 0.717) is 24.5 Å². The third-order valence-corrected chi connectivity index (χ3v) is 4.07. The van der Waals surface area contributed by atoms with E-state index in [1.54, 1.807) is 12.1 Å². The van der Waals surface area contributed by atoms with E-state index in [-0.39, 0.29) is 11.3 Å². The van der Waals surface area contributed by atoms with Gasteiger partial charge >= 0.3 is 6.18 Å². The maximum absolute atomic E-state index is 12.8. The number of nitrogens with one attached hydrogen (secondary N) is 2. The van der Waals surface area contributed by atoms with Gasteiger partial charge in [-0.25, -0.2) is 0 Å². The van der Waals surface area contributed by atoms with Crippen LogP contribution in [0.2, 0.25) is 0 Å². The average Bonchev–Trinajstić information content (AvgIpc) is 2.73. The lowest BCUT2D eigenvalue weighted by Crippen LogP contribution is -2.18. The molecule has 0 radical (unpaired) electrons. The smallest absolute Gasteiger partial charge is 0.416 e. The Morgan fingerprint density at radius 3 is 2.50 bits per heavy atom. The van der Waals surface area contributed by atoms with Crippen molar-refractivity contribution in [2.45, 2.75) is 12.6 Å². The summed E-state index contributed by atoms with van der Waals surface area (Å²) in [6, 6.07) is 11.4. The molecule has 0 aliphatic heterocycles. The largest absolute Gasteiger partial charge is 0.493 e. The number of carbonyl (C=O) groups is 1. The molecule has 1 amide bonds. The molecule has 158 valence electrons. The van der Waals surface area contributed by atoms with Crippen molar-refractivity contribution in [3.05, 3.63) is 65.4 Å². The summed E-state index contributed by atoms with van der Waals surface area (Å²) in [4.78, 5) is 12.2. The number of carbonyl (C=O) groups excluding carboxylic acids is 1. The van der Waals surface area contributed by atoms with Gasteiger partial charge < -0.3 is 20.1 Å². The third-order valence-electron chi connectivity index (χ3n) is 4.07. The standard InChI is InChI=1S/C21H20F3N3O3/c1-29-18-7-6-14(10-19(18)30-2)8-9-26-13-15(12-25)20(28)27-17-5-3-4-16(11-17)21(22,23)24/h3-7,10-11,13,26H,8-9H2,1-2H3,(H,27,28)/b15-13-. The van der Waals surface area contributed by atoms with Crippen molar-refractivity contribution in [1.29, 1.82) is 5.26 Å². The van der Waals surface area contributed by atoms with Crippen LogP contribution in [0.1, 0.15) is 11.1 Å². The van der Waals surface area contributed by atoms with Crippen molar-refractivity contribution >= 4 is 11.6 Å². The molecular weight excluding hydrogens is 399 g/mol. The normalized spacial score (nSPS) is 11.4. The van der Waals surface area contributed by atoms with Crippen LogP contribution in [0.25, 0.3) is 0 Å². The third kappa shape index (κ3) is 6.17. The minimum Gasteiger partial charge on any atom is -0.493 e. The minimum atomic E-state index is -4.53. The number of alkyl halides is 3. The number of benzene rings is 2. The number of hydrogen-bond acceptors (Lipinski definition) is 5. The van der Waals surface area contributed by atoms with E-state index in [0.717, 1.165) is 17.7 Å². The maximum atomic E-state index is 12.8. The second kappa shape index (κ2) is 10.2. The Morgan fingerprint density at radius 1 is 1.13 bits per heavy atom. The summed E-state index contributed by atoms with van der Waals surface area (Å²) in [5.41, 5.74) is -0.266. The van der Waals surface area contributed by atoms with E-state index in [4.69, 9.17) is 9.47 Å². The van der Waals surface area contributed by atoms with Crippen molar-refractivity contribution in [2.75, 3.05) is 26.1 Å². The highest BCUT2D eigenvalue weighted by Gasteiger charge is 2.30. The first kappa shape index (κ1) is 22.6. The van der Waals surface area contributed by atoms with Gasteiger partial charge in [-0.3, -0.25) is 4.79 Å². The monoisotopic (exact) mass is 419 g/mol. The van der Waals surface area contributed by atoms with Crippen molar-refractivity contribution < 1.29 is 27.4 Å². The molecule has 2 aromatic rings. The van der Waals surface area contributed by atoms with Crippen molar-refractivity contribution in [3.63, 3.8) is 0 Å². The molecule has 0 aromatic heterocycles. The SMILES string of the molecule is COc1ccc(CCN/C=C(/C#N)C(=O)Nc2cccc(C(F)(F)F)c2)cc1OC. The van der Waals surface area contributed by atoms with E-state index >= 15 is 0 Å². The fourth-order valence-corrected chi connectivity index (χ4v) is 2.55. The number of nitriles is 1. The molecular formula is C21H20F3N3O3. The number of halogens is 3. The summed E-state index contributed by atoms with van der Waals surface area (Å²) in [6.07, 6.45) is -2.73. The van der Waals surface area contributed by atoms with Crippen LogP contribution >= 0.6 is 0 Å². The van der Waals surface area contributed by atoms with Crippen LogP contribution < -0.4 is 20.1 Å². The van der Waals surface area contributed by atoms with Gasteiger partial charge in [-0.05, 0) is 42.3 Å². The Labute approximate surface area is 171 Å². The van der Waals surface area contributed by atoms with Crippen LogP contribution in [0.4, 0.5) is 18.9 Å². The summed E-state index contributed by atoms with van der Waals surface area (Å²) >= 11 is 0. The van der Waals surface area contributed by atoms with E-state index in [2.05, 4.69) is 10.6 Å². The number of anilines is 1. The Hall–Kier alpha value is -3.67. The lowest BCUT2D eigenvalue weighted by Gasteiger charge is -2.10. The molecule has 2 rings (SSSR count). The summed E-state index contributed by atoms with van der Waals surface area (Å²) < 4.78 is 48.7. The van der Waals surface area contributed by atoms with Crippen LogP contribution in [0.5, 0.6) is 11.5 Å². The molecule has 9 heteroatoms. The average molecular weight is 419 g/mol. The van der Waals surface area contributed by atoms with E-state index in [1.807, 2.05) is 12.1 Å². The fraction of sp³-hybridized carbons (Fsp3) is 0.238. The Morgan fingerprint density at radius 2 is 1.87 bits per heavy atom. The zero-order valence-corrected chi connectivity index (χ0v) is 16.3. The lowest BCUT2D eigenvalue weighted by molar-refractivity contribution is -0.137. The second-order valence-corrected chi connectivity index (χ2v) is 6.10. The molecule has 6 nitrogen and oxygen atoms in total. The number of amides is 1. The van der Waals surface area contributed by atoms with E-state index in [1.165, 1.54) is 32.6 Å². The van der Waals surface area contributed by atoms with Crippen LogP contribution in [0.3, 0.4) is 0 Å². The molecule has 0 fully saturated rings. The van der Waals surface area contributed by atoms with Gasteiger partial charge in [-0.15, -0.1) is 0 Å². The molecule has 2 N–H and O–H groups in total. The van der Waals surface area contributed by atoms with Gasteiger partial charge in [0.15, 0.2) is 11.5 Å². The van der Waals surface area contributed by atoms with Crippen LogP contribution in [-0.4, -0.2) is 26.7 Å². The molecule has 0 unspecified atom stereocenters. The topological polar surface area (TPSA) is 83.4 Å². The Bertz CT molecular complexity index is 966. The lowest BCUT2D eigenvalue weighted by atomic mass is 10.1. The van der Waals surface area contributed by atoms with Gasteiger partial charge in [-0.1, -0.05) is 12.1 Å². The number of hydrogen-bond donors (Lipinski definition) is 2. The molecule has 0 atom stereocenters. The number of rotatable bonds is 8. The quantitative estimate of drug-likeness (QED) is 0.385. The Balaban J connectivity index is 1.96. The molecule has 0 bridgehead atoms. The summed E-state index contributed by atoms with van der Waals surface area (Å²) in [5, 5.41) is 14.3. The predicted octanol–water partition coefficient (Wildman–Crippen LogP) is 3.90. The van der Waals surface area contributed by atoms with Crippen molar-refractivity contribution in [2.24, 2.45) is 0 Å². The molecule has 0 saturated heterocycles. The van der Waals surface area contributed by atoms with Crippen molar-refractivity contribution in [1.82, 2.24) is 5.32 Å². The molecule has 0 heterocycles. The highest BCUT2D eigenvalue weighted by Crippen LogP contribution is 2.30. The molecule has 0 spiro atoms. The first-order chi connectivity index (χ1) is 14.3. The fourth-order valence-electron chi connectivity index (χ4n) is 2.55. The van der Waals surface area contributed by atoms with Crippen LogP contribution in [0, 0.1) is 11.3 Å². The van der Waals surface area contributed by atoms with Gasteiger partial charge in [-0.2, -0.15) is 18.4 Å². The zero-order valence-electron chi connectivity index (χ0n) is 16.3. The van der Waals surface area contributed by atoms with Gasteiger partial charge in [0.05, 0.1) is 19.8 Å². The molecule has 0 aliphatic carbocycles. The van der Waals surface area contributed by atoms with E-state index in [9.17, 15) is 23.2 Å². The highest BCUT2D eigenvalue weighted by atomic mass is 19.4. The molecule has 0 aliphatic rings. The van der Waals surface area contributed by atoms with E-state index < -0.39 is 17.6 Å². The van der Waals surface area contributed by atoms with Crippen molar-refractivity contribution in [3.8, 4) is 17.6 Å². The summed E-state index contributed by atoms with van der Waals surface area (Å²) in [5.74, 6) is 0.381. The van der Waals surface area contributed by atoms with Crippen LogP contribution in [-0.2, 0) is 17.4 Å². The van der Waals surface area contributed by atoms with Gasteiger partial charge in [0.1, 0.15) is 11.6 Å². The predicted molar refractivity (Wildman–Crippen MR) is 105 cm³/mol. The van der Waals surface area contributed by atoms with Gasteiger partial charge in [0.2, 0.25) is 0 Å². The van der Waals surface area contributed by atoms with Gasteiger partial charge in [0.25, 0.3) is 5.91 Å². The summed E-state index contributed by atoms with van der Waals surface area (Å²) in [7, 11) is 3.07. The number of ether oxygens (including phenoxy) is 2. The van der Waals surface area contributed by atoms with Crippen LogP contribution in [0.15, 0.2) is 54.2 Å². The summed E-state index contributed by atoms with van der Waals surface area (Å²) in [6.45, 7) is 0.414. The second-order valence-electron chi connectivity index (χ2n) is 6.10. The first-order valence-electron chi connectivity index (χ1n) is 8.81. The van der Waals surface area contributed by atoms with Gasteiger partial charge in [0, 0.05) is 18.4 Å². The number of methoxy groups -OCH3 is 2. The molecule has 30 heavy (non-hydrogen) atoms. The first-order valence-corrected chi connectivity index (χ1v) is 8.81. The molecule has 2 aromatic carbocycles.